The molecule has 116 valence electrons. The van der Waals surface area contributed by atoms with Crippen LogP contribution in [-0.4, -0.2) is 11.8 Å². The fraction of sp³-hybridized carbons (Fsp3) is 1.00. The number of hydrogen-bond acceptors (Lipinski definition) is 0. The van der Waals surface area contributed by atoms with Gasteiger partial charge in [-0.3, -0.25) is 0 Å². The molecule has 0 amide bonds. The molecule has 4 heteroatoms. The molecule has 0 aromatic rings. The molecule has 0 atom stereocenters. The topological polar surface area (TPSA) is 0 Å². The lowest BCUT2D eigenvalue weighted by Gasteiger charge is -2.11. The van der Waals surface area contributed by atoms with Gasteiger partial charge in [0.15, 0.2) is 0 Å². The Kier molecular flexibility index (Phi) is 15.5. The molecular formula is C14H32F4. The molecular weight excluding hydrogens is 244 g/mol. The molecule has 0 rings (SSSR count). The van der Waals surface area contributed by atoms with E-state index in [1.165, 1.54) is 0 Å². The standard InChI is InChI=1S/2C6H12F2.2CH4/c2*1-5(2)4-6(3,7)8;;/h2*5H,4H2,1-3H3;2*1H4. The van der Waals surface area contributed by atoms with Crippen LogP contribution < -0.4 is 0 Å². The van der Waals surface area contributed by atoms with Gasteiger partial charge in [-0.2, -0.15) is 0 Å². The molecule has 0 saturated heterocycles. The highest BCUT2D eigenvalue weighted by Crippen LogP contribution is 2.21. The second-order valence-corrected chi connectivity index (χ2v) is 5.34. The van der Waals surface area contributed by atoms with Crippen molar-refractivity contribution >= 4 is 0 Å². The molecule has 18 heavy (non-hydrogen) atoms. The van der Waals surface area contributed by atoms with Crippen molar-refractivity contribution in [3.63, 3.8) is 0 Å². The maximum Gasteiger partial charge on any atom is 0.245 e. The first-order valence-corrected chi connectivity index (χ1v) is 5.59. The van der Waals surface area contributed by atoms with E-state index in [0.29, 0.717) is 0 Å². The Labute approximate surface area is 111 Å². The minimum atomic E-state index is -2.48. The van der Waals surface area contributed by atoms with Crippen LogP contribution >= 0.6 is 0 Å². The minimum absolute atomic E-state index is 0. The lowest BCUT2D eigenvalue weighted by Crippen LogP contribution is -2.12. The van der Waals surface area contributed by atoms with E-state index in [-0.39, 0.29) is 39.5 Å². The van der Waals surface area contributed by atoms with Gasteiger partial charge in [0.05, 0.1) is 0 Å². The van der Waals surface area contributed by atoms with Crippen molar-refractivity contribution in [2.75, 3.05) is 0 Å². The smallest absolute Gasteiger partial charge is 0.207 e. The zero-order valence-electron chi connectivity index (χ0n) is 11.1. The molecule has 0 aliphatic carbocycles. The van der Waals surface area contributed by atoms with Crippen molar-refractivity contribution in [1.82, 2.24) is 0 Å². The molecule has 0 unspecified atom stereocenters. The van der Waals surface area contributed by atoms with Crippen molar-refractivity contribution in [2.45, 2.75) is 81.1 Å². The highest BCUT2D eigenvalue weighted by molar-refractivity contribution is 4.60. The molecule has 0 bridgehead atoms. The molecule has 0 fully saturated rings. The first-order chi connectivity index (χ1) is 6.83. The van der Waals surface area contributed by atoms with E-state index in [4.69, 9.17) is 0 Å². The molecule has 0 saturated carbocycles. The fourth-order valence-corrected chi connectivity index (χ4v) is 1.43. The second-order valence-electron chi connectivity index (χ2n) is 5.34. The Morgan fingerprint density at radius 3 is 0.833 bits per heavy atom. The van der Waals surface area contributed by atoms with Crippen LogP contribution in [0.2, 0.25) is 0 Å². The van der Waals surface area contributed by atoms with Crippen LogP contribution in [0.25, 0.3) is 0 Å². The summed E-state index contributed by atoms with van der Waals surface area (Å²) in [7, 11) is 0. The molecule has 0 nitrogen and oxygen atoms in total. The van der Waals surface area contributed by atoms with Crippen molar-refractivity contribution < 1.29 is 17.6 Å². The van der Waals surface area contributed by atoms with Crippen molar-refractivity contribution in [3.05, 3.63) is 0 Å². The Bertz CT molecular complexity index is 144. The number of halogens is 4. The summed E-state index contributed by atoms with van der Waals surface area (Å²) in [6.07, 6.45) is -0.0139. The monoisotopic (exact) mass is 276 g/mol. The minimum Gasteiger partial charge on any atom is -0.207 e. The Morgan fingerprint density at radius 2 is 0.833 bits per heavy atom. The van der Waals surface area contributed by atoms with Gasteiger partial charge < -0.3 is 0 Å². The molecule has 0 aliphatic rings. The number of alkyl halides is 4. The quantitative estimate of drug-likeness (QED) is 0.504. The highest BCUT2D eigenvalue weighted by Gasteiger charge is 2.22. The summed E-state index contributed by atoms with van der Waals surface area (Å²) in [5.41, 5.74) is 0. The lowest BCUT2D eigenvalue weighted by atomic mass is 10.1. The molecule has 0 aromatic carbocycles. The van der Waals surface area contributed by atoms with Gasteiger partial charge in [-0.15, -0.1) is 0 Å². The Morgan fingerprint density at radius 1 is 0.667 bits per heavy atom. The van der Waals surface area contributed by atoms with Gasteiger partial charge in [-0.25, -0.2) is 17.6 Å². The van der Waals surface area contributed by atoms with E-state index in [2.05, 4.69) is 0 Å². The van der Waals surface area contributed by atoms with Crippen LogP contribution in [0, 0.1) is 11.8 Å². The Hall–Kier alpha value is -0.280. The number of rotatable bonds is 4. The highest BCUT2D eigenvalue weighted by atomic mass is 19.3. The summed E-state index contributed by atoms with van der Waals surface area (Å²) in [5.74, 6) is -4.77. The largest absolute Gasteiger partial charge is 0.245 e. The SMILES string of the molecule is C.C.CC(C)CC(C)(F)F.CC(C)CC(C)(F)F. The molecule has 0 aromatic heterocycles. The van der Waals surface area contributed by atoms with E-state index in [1.807, 2.05) is 0 Å². The van der Waals surface area contributed by atoms with E-state index in [9.17, 15) is 17.6 Å². The summed E-state index contributed by atoms with van der Waals surface area (Å²) >= 11 is 0. The van der Waals surface area contributed by atoms with Gasteiger partial charge in [-0.1, -0.05) is 42.5 Å². The van der Waals surface area contributed by atoms with Gasteiger partial charge in [-0.05, 0) is 25.7 Å². The van der Waals surface area contributed by atoms with E-state index < -0.39 is 11.8 Å². The normalized spacial score (nSPS) is 11.3. The summed E-state index contributed by atoms with van der Waals surface area (Å²) in [4.78, 5) is 0. The van der Waals surface area contributed by atoms with Gasteiger partial charge in [0, 0.05) is 12.8 Å². The van der Waals surface area contributed by atoms with E-state index in [1.54, 1.807) is 27.7 Å². The summed E-state index contributed by atoms with van der Waals surface area (Å²) < 4.78 is 47.9. The zero-order chi connectivity index (χ0) is 13.6. The number of hydrogen-bond donors (Lipinski definition) is 0. The van der Waals surface area contributed by atoms with Crippen LogP contribution in [0.1, 0.15) is 69.2 Å². The second kappa shape index (κ2) is 10.6. The fourth-order valence-electron chi connectivity index (χ4n) is 1.43. The van der Waals surface area contributed by atoms with Gasteiger partial charge in [0.25, 0.3) is 0 Å². The maximum atomic E-state index is 12.0. The third-order valence-corrected chi connectivity index (χ3v) is 1.53. The van der Waals surface area contributed by atoms with Crippen LogP contribution in [0.3, 0.4) is 0 Å². The Balaban J connectivity index is -0.0000000980. The van der Waals surface area contributed by atoms with Gasteiger partial charge >= 0.3 is 0 Å². The maximum absolute atomic E-state index is 12.0. The van der Waals surface area contributed by atoms with Crippen molar-refractivity contribution in [1.29, 1.82) is 0 Å². The third kappa shape index (κ3) is 36.1. The summed E-state index contributed by atoms with van der Waals surface area (Å²) in [5, 5.41) is 0. The molecule has 0 aliphatic heterocycles. The van der Waals surface area contributed by atoms with Crippen LogP contribution in [0.5, 0.6) is 0 Å². The molecule has 0 radical (unpaired) electrons. The average molecular weight is 276 g/mol. The van der Waals surface area contributed by atoms with E-state index >= 15 is 0 Å². The van der Waals surface area contributed by atoms with Crippen LogP contribution in [-0.2, 0) is 0 Å². The van der Waals surface area contributed by atoms with Crippen LogP contribution in [0.4, 0.5) is 17.6 Å². The van der Waals surface area contributed by atoms with Gasteiger partial charge in [0.2, 0.25) is 11.8 Å². The summed E-state index contributed by atoms with van der Waals surface area (Å²) in [6, 6.07) is 0. The predicted octanol–water partition coefficient (Wildman–Crippen LogP) is 6.65. The first-order valence-electron chi connectivity index (χ1n) is 5.59. The third-order valence-electron chi connectivity index (χ3n) is 1.53. The van der Waals surface area contributed by atoms with Gasteiger partial charge in [0.1, 0.15) is 0 Å². The molecule has 0 spiro atoms. The lowest BCUT2D eigenvalue weighted by molar-refractivity contribution is 0.000116. The zero-order valence-corrected chi connectivity index (χ0v) is 11.1. The average Bonchev–Trinajstić information content (AvgIpc) is 1.72. The predicted molar refractivity (Wildman–Crippen MR) is 73.6 cm³/mol. The molecule has 0 heterocycles. The van der Waals surface area contributed by atoms with Crippen LogP contribution in [0.15, 0.2) is 0 Å². The molecule has 0 N–H and O–H groups in total. The van der Waals surface area contributed by atoms with E-state index in [0.717, 1.165) is 13.8 Å². The summed E-state index contributed by atoms with van der Waals surface area (Å²) in [6.45, 7) is 9.06. The van der Waals surface area contributed by atoms with Crippen molar-refractivity contribution in [2.24, 2.45) is 11.8 Å². The first kappa shape index (κ1) is 26.3. The van der Waals surface area contributed by atoms with Crippen molar-refractivity contribution in [3.8, 4) is 0 Å².